The number of phenolic OH excluding ortho intramolecular Hbond substituents is 1. The van der Waals surface area contributed by atoms with E-state index in [2.05, 4.69) is 6.58 Å². The lowest BCUT2D eigenvalue weighted by atomic mass is 10.2. The molecule has 4 nitrogen and oxygen atoms in total. The van der Waals surface area contributed by atoms with Crippen LogP contribution in [0.1, 0.15) is 5.56 Å². The summed E-state index contributed by atoms with van der Waals surface area (Å²) >= 11 is 0. The highest BCUT2D eigenvalue weighted by Gasteiger charge is 2.02. The van der Waals surface area contributed by atoms with Gasteiger partial charge in [-0.1, -0.05) is 18.2 Å². The van der Waals surface area contributed by atoms with Crippen molar-refractivity contribution in [2.45, 2.75) is 6.54 Å². The molecule has 0 bridgehead atoms. The van der Waals surface area contributed by atoms with Gasteiger partial charge in [-0.25, -0.2) is 5.06 Å². The zero-order valence-electron chi connectivity index (χ0n) is 8.30. The van der Waals surface area contributed by atoms with E-state index in [1.165, 1.54) is 5.06 Å². The van der Waals surface area contributed by atoms with Crippen molar-refractivity contribution in [3.05, 3.63) is 42.5 Å². The second-order valence-electron chi connectivity index (χ2n) is 2.93. The summed E-state index contributed by atoms with van der Waals surface area (Å²) in [5.41, 5.74) is 0.879. The first kappa shape index (κ1) is 11.3. The minimum Gasteiger partial charge on any atom is -0.508 e. The fourth-order valence-electron chi connectivity index (χ4n) is 1.04. The molecule has 1 N–H and O–H groups in total. The molecule has 0 aromatic heterocycles. The Morgan fingerprint density at radius 3 is 2.60 bits per heavy atom. The third-order valence-electron chi connectivity index (χ3n) is 1.75. The van der Waals surface area contributed by atoms with Crippen LogP contribution in [0.2, 0.25) is 0 Å². The van der Waals surface area contributed by atoms with Crippen LogP contribution in [0.3, 0.4) is 0 Å². The Balaban J connectivity index is 2.54. The molecule has 4 heteroatoms. The van der Waals surface area contributed by atoms with Gasteiger partial charge in [0.05, 0.1) is 13.2 Å². The summed E-state index contributed by atoms with van der Waals surface area (Å²) in [7, 11) is 0. The lowest BCUT2D eigenvalue weighted by Gasteiger charge is -2.15. The normalized spacial score (nSPS) is 9.60. The van der Waals surface area contributed by atoms with Crippen LogP contribution in [0.4, 0.5) is 0 Å². The lowest BCUT2D eigenvalue weighted by Crippen LogP contribution is -2.21. The summed E-state index contributed by atoms with van der Waals surface area (Å²) in [6, 6.07) is 6.57. The molecular formula is C11H13NO3. The standard InChI is InChI=1S/C11H13NO3/c1-2-7-15-12(9-13)8-10-3-5-11(14)6-4-10/h2-6,9,14H,1,7-8H2. The van der Waals surface area contributed by atoms with Gasteiger partial charge in [0, 0.05) is 0 Å². The van der Waals surface area contributed by atoms with Crippen molar-refractivity contribution in [2.24, 2.45) is 0 Å². The molecular weight excluding hydrogens is 194 g/mol. The van der Waals surface area contributed by atoms with Crippen molar-refractivity contribution in [3.63, 3.8) is 0 Å². The second kappa shape index (κ2) is 5.82. The van der Waals surface area contributed by atoms with Gasteiger partial charge in [0.15, 0.2) is 0 Å². The summed E-state index contributed by atoms with van der Waals surface area (Å²) < 4.78 is 0. The molecule has 0 saturated heterocycles. The van der Waals surface area contributed by atoms with E-state index >= 15 is 0 Å². The molecule has 0 fully saturated rings. The van der Waals surface area contributed by atoms with Crippen LogP contribution < -0.4 is 0 Å². The van der Waals surface area contributed by atoms with Gasteiger partial charge in [-0.15, -0.1) is 6.58 Å². The van der Waals surface area contributed by atoms with Crippen molar-refractivity contribution in [3.8, 4) is 5.75 Å². The first-order chi connectivity index (χ1) is 7.26. The molecule has 0 radical (unpaired) electrons. The van der Waals surface area contributed by atoms with Crippen LogP contribution in [0, 0.1) is 0 Å². The van der Waals surface area contributed by atoms with Crippen molar-refractivity contribution in [2.75, 3.05) is 6.61 Å². The Bertz CT molecular complexity index is 321. The van der Waals surface area contributed by atoms with Crippen LogP contribution in [0.5, 0.6) is 5.75 Å². The third-order valence-corrected chi connectivity index (χ3v) is 1.75. The van der Waals surface area contributed by atoms with Gasteiger partial charge in [-0.2, -0.15) is 0 Å². The SMILES string of the molecule is C=CCON(C=O)Cc1ccc(O)cc1. The first-order valence-electron chi connectivity index (χ1n) is 4.50. The average Bonchev–Trinajstić information content (AvgIpc) is 2.27. The molecule has 1 rings (SSSR count). The quantitative estimate of drug-likeness (QED) is 0.436. The van der Waals surface area contributed by atoms with Gasteiger partial charge in [-0.3, -0.25) is 9.63 Å². The molecule has 0 saturated carbocycles. The number of hydroxylamine groups is 2. The number of benzene rings is 1. The predicted molar refractivity (Wildman–Crippen MR) is 55.9 cm³/mol. The molecule has 0 aliphatic rings. The number of amides is 1. The molecule has 1 aromatic carbocycles. The molecule has 80 valence electrons. The van der Waals surface area contributed by atoms with Crippen molar-refractivity contribution in [1.82, 2.24) is 5.06 Å². The molecule has 15 heavy (non-hydrogen) atoms. The summed E-state index contributed by atoms with van der Waals surface area (Å²) in [5, 5.41) is 10.2. The smallest absolute Gasteiger partial charge is 0.233 e. The number of aromatic hydroxyl groups is 1. The molecule has 1 aromatic rings. The lowest BCUT2D eigenvalue weighted by molar-refractivity contribution is -0.170. The van der Waals surface area contributed by atoms with E-state index in [1.807, 2.05) is 0 Å². The number of carbonyl (C=O) groups is 1. The number of hydrogen-bond donors (Lipinski definition) is 1. The topological polar surface area (TPSA) is 49.8 Å². The van der Waals surface area contributed by atoms with E-state index in [0.717, 1.165) is 5.56 Å². The average molecular weight is 207 g/mol. The van der Waals surface area contributed by atoms with Crippen LogP contribution >= 0.6 is 0 Å². The van der Waals surface area contributed by atoms with Crippen LogP contribution in [0.25, 0.3) is 0 Å². The minimum atomic E-state index is 0.198. The van der Waals surface area contributed by atoms with Gasteiger partial charge in [0.25, 0.3) is 0 Å². The van der Waals surface area contributed by atoms with Crippen LogP contribution in [0.15, 0.2) is 36.9 Å². The van der Waals surface area contributed by atoms with Crippen molar-refractivity contribution >= 4 is 6.41 Å². The highest BCUT2D eigenvalue weighted by molar-refractivity contribution is 5.45. The van der Waals surface area contributed by atoms with Crippen molar-refractivity contribution < 1.29 is 14.7 Å². The van der Waals surface area contributed by atoms with Gasteiger partial charge in [-0.05, 0) is 17.7 Å². The largest absolute Gasteiger partial charge is 0.508 e. The highest BCUT2D eigenvalue weighted by atomic mass is 16.7. The van der Waals surface area contributed by atoms with E-state index in [-0.39, 0.29) is 12.4 Å². The van der Waals surface area contributed by atoms with Crippen LogP contribution in [-0.4, -0.2) is 23.2 Å². The number of rotatable bonds is 6. The van der Waals surface area contributed by atoms with Gasteiger partial charge in [0.2, 0.25) is 6.41 Å². The summed E-state index contributed by atoms with van der Waals surface area (Å²) in [4.78, 5) is 15.7. The molecule has 1 amide bonds. The minimum absolute atomic E-state index is 0.198. The maximum Gasteiger partial charge on any atom is 0.233 e. The number of hydrogen-bond acceptors (Lipinski definition) is 3. The van der Waals surface area contributed by atoms with E-state index in [1.54, 1.807) is 30.3 Å². The van der Waals surface area contributed by atoms with Gasteiger partial charge in [0.1, 0.15) is 5.75 Å². The highest BCUT2D eigenvalue weighted by Crippen LogP contribution is 2.11. The molecule has 0 spiro atoms. The van der Waals surface area contributed by atoms with E-state index in [0.29, 0.717) is 13.0 Å². The Morgan fingerprint density at radius 1 is 1.40 bits per heavy atom. The Morgan fingerprint density at radius 2 is 2.07 bits per heavy atom. The fraction of sp³-hybridized carbons (Fsp3) is 0.182. The van der Waals surface area contributed by atoms with E-state index in [9.17, 15) is 4.79 Å². The van der Waals surface area contributed by atoms with Crippen LogP contribution in [-0.2, 0) is 16.2 Å². The Kier molecular flexibility index (Phi) is 4.37. The second-order valence-corrected chi connectivity index (χ2v) is 2.93. The van der Waals surface area contributed by atoms with E-state index < -0.39 is 0 Å². The van der Waals surface area contributed by atoms with Gasteiger partial charge < -0.3 is 5.11 Å². The zero-order valence-corrected chi connectivity index (χ0v) is 8.30. The number of nitrogens with zero attached hydrogens (tertiary/aromatic N) is 1. The number of phenols is 1. The summed E-state index contributed by atoms with van der Waals surface area (Å²) in [6.45, 7) is 4.12. The Hall–Kier alpha value is -1.81. The molecule has 0 aliphatic heterocycles. The monoisotopic (exact) mass is 207 g/mol. The molecule has 0 atom stereocenters. The summed E-state index contributed by atoms with van der Waals surface area (Å²) in [5.74, 6) is 0.198. The Labute approximate surface area is 88.3 Å². The summed E-state index contributed by atoms with van der Waals surface area (Å²) in [6.07, 6.45) is 2.17. The molecule has 0 aliphatic carbocycles. The third kappa shape index (κ3) is 3.83. The molecule has 0 heterocycles. The van der Waals surface area contributed by atoms with Crippen molar-refractivity contribution in [1.29, 1.82) is 0 Å². The zero-order chi connectivity index (χ0) is 11.1. The maximum atomic E-state index is 10.6. The van der Waals surface area contributed by atoms with E-state index in [4.69, 9.17) is 9.94 Å². The predicted octanol–water partition coefficient (Wildman–Crippen LogP) is 1.47. The molecule has 0 unspecified atom stereocenters. The number of carbonyl (C=O) groups excluding carboxylic acids is 1. The maximum absolute atomic E-state index is 10.6. The van der Waals surface area contributed by atoms with Gasteiger partial charge >= 0.3 is 0 Å². The fourth-order valence-corrected chi connectivity index (χ4v) is 1.04. The first-order valence-corrected chi connectivity index (χ1v) is 4.50.